The van der Waals surface area contributed by atoms with Crippen LogP contribution in [0.2, 0.25) is 0 Å². The van der Waals surface area contributed by atoms with Crippen molar-refractivity contribution in [3.63, 3.8) is 0 Å². The first kappa shape index (κ1) is 14.5. The Morgan fingerprint density at radius 3 is 2.82 bits per heavy atom. The number of carbonyl (C=O) groups is 1. The number of nitrogens with one attached hydrogen (secondary N) is 1. The Bertz CT molecular complexity index is 233. The second-order valence-electron chi connectivity index (χ2n) is 4.91. The van der Waals surface area contributed by atoms with Crippen LogP contribution in [0.5, 0.6) is 0 Å². The van der Waals surface area contributed by atoms with Gasteiger partial charge in [-0.1, -0.05) is 33.1 Å². The first-order valence-electron chi connectivity index (χ1n) is 6.81. The van der Waals surface area contributed by atoms with Gasteiger partial charge in [0.1, 0.15) is 6.04 Å². The van der Waals surface area contributed by atoms with Gasteiger partial charge in [0, 0.05) is 0 Å². The van der Waals surface area contributed by atoms with Crippen LogP contribution in [0.15, 0.2) is 0 Å². The molecule has 0 aromatic carbocycles. The molecule has 4 nitrogen and oxygen atoms in total. The van der Waals surface area contributed by atoms with E-state index in [1.165, 1.54) is 19.3 Å². The standard InChI is InChI=1S/C13H26N2O2/c1-3-10-6-5-7-11(8-10)17-9-12(13(14)16)15-4-2/h10-12,15H,3-9H2,1-2H3,(H2,14,16). The van der Waals surface area contributed by atoms with Gasteiger partial charge in [0.25, 0.3) is 0 Å². The van der Waals surface area contributed by atoms with E-state index in [1.54, 1.807) is 0 Å². The summed E-state index contributed by atoms with van der Waals surface area (Å²) in [5.74, 6) is 0.467. The van der Waals surface area contributed by atoms with Gasteiger partial charge in [-0.15, -0.1) is 0 Å². The van der Waals surface area contributed by atoms with Crippen molar-refractivity contribution in [1.29, 1.82) is 0 Å². The summed E-state index contributed by atoms with van der Waals surface area (Å²) in [5.41, 5.74) is 5.31. The molecule has 0 spiro atoms. The molecular weight excluding hydrogens is 216 g/mol. The van der Waals surface area contributed by atoms with Gasteiger partial charge < -0.3 is 15.8 Å². The van der Waals surface area contributed by atoms with Crippen LogP contribution in [0, 0.1) is 5.92 Å². The van der Waals surface area contributed by atoms with Crippen molar-refractivity contribution in [2.45, 2.75) is 58.1 Å². The first-order valence-corrected chi connectivity index (χ1v) is 6.81. The minimum atomic E-state index is -0.345. The van der Waals surface area contributed by atoms with Crippen LogP contribution in [0.4, 0.5) is 0 Å². The maximum absolute atomic E-state index is 11.2. The van der Waals surface area contributed by atoms with Gasteiger partial charge in [-0.25, -0.2) is 0 Å². The van der Waals surface area contributed by atoms with Crippen LogP contribution in [0.1, 0.15) is 46.0 Å². The maximum Gasteiger partial charge on any atom is 0.236 e. The molecule has 1 aliphatic rings. The highest BCUT2D eigenvalue weighted by Gasteiger charge is 2.23. The Morgan fingerprint density at radius 1 is 1.47 bits per heavy atom. The number of hydrogen-bond acceptors (Lipinski definition) is 3. The molecule has 3 atom stereocenters. The lowest BCUT2D eigenvalue weighted by Crippen LogP contribution is -2.45. The molecule has 0 aromatic heterocycles. The van der Waals surface area contributed by atoms with Crippen LogP contribution >= 0.6 is 0 Å². The number of rotatable bonds is 7. The van der Waals surface area contributed by atoms with Crippen LogP contribution in [0.3, 0.4) is 0 Å². The normalized spacial score (nSPS) is 26.7. The lowest BCUT2D eigenvalue weighted by atomic mass is 9.85. The second-order valence-corrected chi connectivity index (χ2v) is 4.91. The molecule has 1 saturated carbocycles. The lowest BCUT2D eigenvalue weighted by molar-refractivity contribution is -0.122. The molecule has 4 heteroatoms. The smallest absolute Gasteiger partial charge is 0.236 e. The number of likely N-dealkylation sites (N-methyl/N-ethyl adjacent to an activating group) is 1. The molecule has 0 aliphatic heterocycles. The van der Waals surface area contributed by atoms with Crippen molar-refractivity contribution in [3.05, 3.63) is 0 Å². The van der Waals surface area contributed by atoms with E-state index in [2.05, 4.69) is 12.2 Å². The predicted molar refractivity (Wildman–Crippen MR) is 68.6 cm³/mol. The Labute approximate surface area is 104 Å². The zero-order chi connectivity index (χ0) is 12.7. The Kier molecular flexibility index (Phi) is 6.52. The van der Waals surface area contributed by atoms with E-state index in [0.717, 1.165) is 25.3 Å². The minimum absolute atomic E-state index is 0.314. The average Bonchev–Trinajstić information content (AvgIpc) is 2.34. The molecule has 3 unspecified atom stereocenters. The van der Waals surface area contributed by atoms with Crippen molar-refractivity contribution >= 4 is 5.91 Å². The minimum Gasteiger partial charge on any atom is -0.376 e. The number of ether oxygens (including phenoxy) is 1. The van der Waals surface area contributed by atoms with Crippen molar-refractivity contribution in [1.82, 2.24) is 5.32 Å². The van der Waals surface area contributed by atoms with E-state index in [1.807, 2.05) is 6.92 Å². The molecule has 0 radical (unpaired) electrons. The van der Waals surface area contributed by atoms with Crippen LogP contribution in [0.25, 0.3) is 0 Å². The van der Waals surface area contributed by atoms with Crippen molar-refractivity contribution < 1.29 is 9.53 Å². The van der Waals surface area contributed by atoms with Gasteiger partial charge in [-0.05, 0) is 25.3 Å². The second kappa shape index (κ2) is 7.67. The number of carbonyl (C=O) groups excluding carboxylic acids is 1. The molecule has 100 valence electrons. The van der Waals surface area contributed by atoms with E-state index in [4.69, 9.17) is 10.5 Å². The molecule has 0 bridgehead atoms. The van der Waals surface area contributed by atoms with Gasteiger partial charge in [-0.3, -0.25) is 4.79 Å². The summed E-state index contributed by atoms with van der Waals surface area (Å²) in [6.45, 7) is 5.34. The van der Waals surface area contributed by atoms with E-state index >= 15 is 0 Å². The Balaban J connectivity index is 2.30. The molecule has 17 heavy (non-hydrogen) atoms. The zero-order valence-electron chi connectivity index (χ0n) is 11.1. The molecule has 1 fully saturated rings. The highest BCUT2D eigenvalue weighted by molar-refractivity contribution is 5.79. The molecule has 0 heterocycles. The predicted octanol–water partition coefficient (Wildman–Crippen LogP) is 1.44. The highest BCUT2D eigenvalue weighted by Crippen LogP contribution is 2.28. The summed E-state index contributed by atoms with van der Waals surface area (Å²) in [6, 6.07) is -0.345. The zero-order valence-corrected chi connectivity index (χ0v) is 11.1. The summed E-state index contributed by atoms with van der Waals surface area (Å²) in [6.07, 6.45) is 6.36. The number of primary amides is 1. The molecule has 0 saturated heterocycles. The summed E-state index contributed by atoms with van der Waals surface area (Å²) < 4.78 is 5.83. The third kappa shape index (κ3) is 5.04. The quantitative estimate of drug-likeness (QED) is 0.710. The van der Waals surface area contributed by atoms with Crippen LogP contribution in [-0.4, -0.2) is 31.2 Å². The fourth-order valence-corrected chi connectivity index (χ4v) is 2.48. The SMILES string of the molecule is CCNC(COC1CCCC(CC)C1)C(N)=O. The summed E-state index contributed by atoms with van der Waals surface area (Å²) in [7, 11) is 0. The molecule has 3 N–H and O–H groups in total. The fraction of sp³-hybridized carbons (Fsp3) is 0.923. The van der Waals surface area contributed by atoms with Gasteiger partial charge in [-0.2, -0.15) is 0 Å². The van der Waals surface area contributed by atoms with E-state index in [9.17, 15) is 4.79 Å². The number of amides is 1. The molecular formula is C13H26N2O2. The molecule has 1 rings (SSSR count). The molecule has 0 aromatic rings. The van der Waals surface area contributed by atoms with Gasteiger partial charge >= 0.3 is 0 Å². The monoisotopic (exact) mass is 242 g/mol. The topological polar surface area (TPSA) is 64.3 Å². The van der Waals surface area contributed by atoms with Crippen molar-refractivity contribution in [2.24, 2.45) is 11.7 Å². The van der Waals surface area contributed by atoms with Crippen LogP contribution in [-0.2, 0) is 9.53 Å². The first-order chi connectivity index (χ1) is 8.17. The number of hydrogen-bond donors (Lipinski definition) is 2. The Hall–Kier alpha value is -0.610. The van der Waals surface area contributed by atoms with Gasteiger partial charge in [0.2, 0.25) is 5.91 Å². The third-order valence-electron chi connectivity index (χ3n) is 3.60. The van der Waals surface area contributed by atoms with Crippen molar-refractivity contribution in [3.8, 4) is 0 Å². The maximum atomic E-state index is 11.2. The molecule has 1 aliphatic carbocycles. The summed E-state index contributed by atoms with van der Waals surface area (Å²) in [5, 5.41) is 3.05. The Morgan fingerprint density at radius 2 is 2.24 bits per heavy atom. The average molecular weight is 242 g/mol. The van der Waals surface area contributed by atoms with Crippen LogP contribution < -0.4 is 11.1 Å². The van der Waals surface area contributed by atoms with Gasteiger partial charge in [0.15, 0.2) is 0 Å². The third-order valence-corrected chi connectivity index (χ3v) is 3.60. The summed E-state index contributed by atoms with van der Waals surface area (Å²) in [4.78, 5) is 11.2. The highest BCUT2D eigenvalue weighted by atomic mass is 16.5. The lowest BCUT2D eigenvalue weighted by Gasteiger charge is -2.29. The van der Waals surface area contributed by atoms with Gasteiger partial charge in [0.05, 0.1) is 12.7 Å². The van der Waals surface area contributed by atoms with E-state index in [-0.39, 0.29) is 11.9 Å². The van der Waals surface area contributed by atoms with Crippen molar-refractivity contribution in [2.75, 3.05) is 13.2 Å². The summed E-state index contributed by atoms with van der Waals surface area (Å²) >= 11 is 0. The number of nitrogens with two attached hydrogens (primary N) is 1. The largest absolute Gasteiger partial charge is 0.376 e. The molecule has 1 amide bonds. The van der Waals surface area contributed by atoms with E-state index in [0.29, 0.717) is 12.7 Å². The fourth-order valence-electron chi connectivity index (χ4n) is 2.48. The van der Waals surface area contributed by atoms with E-state index < -0.39 is 0 Å².